The highest BCUT2D eigenvalue weighted by atomic mass is 35.5. The summed E-state index contributed by atoms with van der Waals surface area (Å²) in [6, 6.07) is 6.13. The highest BCUT2D eigenvalue weighted by Gasteiger charge is 2.23. The first-order chi connectivity index (χ1) is 14.3. The zero-order valence-corrected chi connectivity index (χ0v) is 18.3. The number of ketones is 1. The van der Waals surface area contributed by atoms with Gasteiger partial charge in [-0.05, 0) is 56.9 Å². The monoisotopic (exact) mass is 465 g/mol. The van der Waals surface area contributed by atoms with Gasteiger partial charge in [-0.25, -0.2) is 9.37 Å². The summed E-state index contributed by atoms with van der Waals surface area (Å²) in [7, 11) is 0. The zero-order chi connectivity index (χ0) is 21.4. The molecule has 0 spiro atoms. The number of aliphatic hydroxyl groups excluding tert-OH is 1. The number of anilines is 1. The van der Waals surface area contributed by atoms with Crippen LogP contribution in [0.1, 0.15) is 43.0 Å². The fourth-order valence-electron chi connectivity index (χ4n) is 3.78. The number of benzene rings is 1. The summed E-state index contributed by atoms with van der Waals surface area (Å²) < 4.78 is 14.0. The van der Waals surface area contributed by atoms with Gasteiger partial charge in [0.05, 0.1) is 33.6 Å². The highest BCUT2D eigenvalue weighted by Crippen LogP contribution is 2.34. The van der Waals surface area contributed by atoms with Crippen LogP contribution in [-0.4, -0.2) is 38.1 Å². The molecule has 6 nitrogen and oxygen atoms in total. The number of aromatic nitrogens is 2. The second kappa shape index (κ2) is 9.34. The van der Waals surface area contributed by atoms with E-state index in [1.54, 1.807) is 12.1 Å². The molecule has 0 amide bonds. The topological polar surface area (TPSA) is 95.3 Å². The Bertz CT molecular complexity index is 1110. The lowest BCUT2D eigenvalue weighted by Gasteiger charge is -2.28. The summed E-state index contributed by atoms with van der Waals surface area (Å²) in [4.78, 5) is 21.2. The molecule has 0 unspecified atom stereocenters. The molecular formula is C22H22Cl2FN3O3. The van der Waals surface area contributed by atoms with Gasteiger partial charge in [0.25, 0.3) is 0 Å². The summed E-state index contributed by atoms with van der Waals surface area (Å²) in [5.74, 6) is -1.59. The van der Waals surface area contributed by atoms with E-state index in [2.05, 4.69) is 15.3 Å². The first kappa shape index (κ1) is 23.2. The molecule has 0 bridgehead atoms. The Morgan fingerprint density at radius 3 is 2.58 bits per heavy atom. The molecule has 31 heavy (non-hydrogen) atoms. The van der Waals surface area contributed by atoms with Crippen LogP contribution in [0.25, 0.3) is 22.3 Å². The lowest BCUT2D eigenvalue weighted by atomic mass is 9.92. The van der Waals surface area contributed by atoms with E-state index >= 15 is 0 Å². The number of carbonyl (C=O) groups excluding carboxylic acids is 1. The minimum atomic E-state index is -0.839. The zero-order valence-electron chi connectivity index (χ0n) is 16.7. The van der Waals surface area contributed by atoms with E-state index in [-0.39, 0.29) is 35.4 Å². The summed E-state index contributed by atoms with van der Waals surface area (Å²) in [5, 5.41) is 22.7. The normalized spacial score (nSPS) is 18.5. The number of aliphatic hydroxyl groups is 1. The first-order valence-corrected chi connectivity index (χ1v) is 10.1. The van der Waals surface area contributed by atoms with Crippen LogP contribution in [0.3, 0.4) is 0 Å². The van der Waals surface area contributed by atoms with E-state index in [4.69, 9.17) is 11.6 Å². The van der Waals surface area contributed by atoms with Crippen LogP contribution in [0.5, 0.6) is 5.75 Å². The Hall–Kier alpha value is -2.48. The summed E-state index contributed by atoms with van der Waals surface area (Å²) in [6.45, 7) is 1.47. The number of phenolic OH excluding ortho intramolecular Hbond substituents is 1. The van der Waals surface area contributed by atoms with Gasteiger partial charge in [0.15, 0.2) is 17.3 Å². The predicted molar refractivity (Wildman–Crippen MR) is 121 cm³/mol. The van der Waals surface area contributed by atoms with Crippen molar-refractivity contribution in [3.8, 4) is 17.0 Å². The van der Waals surface area contributed by atoms with E-state index in [0.717, 1.165) is 18.9 Å². The van der Waals surface area contributed by atoms with Gasteiger partial charge in [-0.15, -0.1) is 12.4 Å². The van der Waals surface area contributed by atoms with Gasteiger partial charge in [0.2, 0.25) is 0 Å². The standard InChI is InChI=1S/C22H21ClFN3O3.ClH/c1-11(28)15-10-25-19-7-6-18(12-8-16(23)22(30)17(24)9-12)27-21(19)20(15)26-13-2-4-14(29)5-3-13;/h6-10,13-14,29-30H,2-5H2,1H3,(H,25,26);1H/t13-,14-;. The number of fused-ring (bicyclic) bond motifs is 1. The third-order valence-electron chi connectivity index (χ3n) is 5.45. The SMILES string of the molecule is CC(=O)c1cnc2ccc(-c3cc(F)c(O)c(Cl)c3)nc2c1N[C@H]1CC[C@H](O)CC1.Cl. The number of aromatic hydroxyl groups is 1. The molecule has 1 saturated carbocycles. The third kappa shape index (κ3) is 4.74. The molecule has 1 aliphatic carbocycles. The van der Waals surface area contributed by atoms with Crippen molar-refractivity contribution in [1.82, 2.24) is 9.97 Å². The Morgan fingerprint density at radius 1 is 1.23 bits per heavy atom. The van der Waals surface area contributed by atoms with Gasteiger partial charge in [0, 0.05) is 17.8 Å². The van der Waals surface area contributed by atoms with Crippen LogP contribution >= 0.6 is 24.0 Å². The number of hydrogen-bond donors (Lipinski definition) is 3. The molecule has 1 aromatic carbocycles. The van der Waals surface area contributed by atoms with Crippen LogP contribution in [0.4, 0.5) is 10.1 Å². The largest absolute Gasteiger partial charge is 0.504 e. The fourth-order valence-corrected chi connectivity index (χ4v) is 3.99. The second-order valence-corrected chi connectivity index (χ2v) is 8.01. The third-order valence-corrected chi connectivity index (χ3v) is 5.74. The minimum absolute atomic E-state index is 0. The van der Waals surface area contributed by atoms with E-state index in [9.17, 15) is 19.4 Å². The number of Topliss-reactive ketones (excluding diaryl/α,β-unsaturated/α-hetero) is 1. The minimum Gasteiger partial charge on any atom is -0.504 e. The summed E-state index contributed by atoms with van der Waals surface area (Å²) in [5.41, 5.74) is 2.93. The van der Waals surface area contributed by atoms with Crippen LogP contribution < -0.4 is 5.32 Å². The Morgan fingerprint density at radius 2 is 1.94 bits per heavy atom. The number of rotatable bonds is 4. The number of nitrogens with zero attached hydrogens (tertiary/aromatic N) is 2. The Kier molecular flexibility index (Phi) is 6.99. The van der Waals surface area contributed by atoms with Crippen LogP contribution in [0, 0.1) is 5.82 Å². The molecule has 0 aliphatic heterocycles. The summed E-state index contributed by atoms with van der Waals surface area (Å²) in [6.07, 6.45) is 4.19. The molecule has 164 valence electrons. The molecule has 3 N–H and O–H groups in total. The molecule has 1 fully saturated rings. The number of phenols is 1. The molecule has 2 heterocycles. The van der Waals surface area contributed by atoms with Gasteiger partial charge >= 0.3 is 0 Å². The van der Waals surface area contributed by atoms with Crippen molar-refractivity contribution in [1.29, 1.82) is 0 Å². The lowest BCUT2D eigenvalue weighted by Crippen LogP contribution is -2.29. The van der Waals surface area contributed by atoms with Gasteiger partial charge in [0.1, 0.15) is 5.52 Å². The van der Waals surface area contributed by atoms with Gasteiger partial charge in [-0.1, -0.05) is 11.6 Å². The van der Waals surface area contributed by atoms with Crippen molar-refractivity contribution in [2.75, 3.05) is 5.32 Å². The quantitative estimate of drug-likeness (QED) is 0.462. The lowest BCUT2D eigenvalue weighted by molar-refractivity contribution is 0.101. The van der Waals surface area contributed by atoms with Gasteiger partial charge < -0.3 is 15.5 Å². The predicted octanol–water partition coefficient (Wildman–Crippen LogP) is 5.13. The molecule has 9 heteroatoms. The Labute approximate surface area is 189 Å². The number of pyridine rings is 2. The number of halogens is 3. The Balaban J connectivity index is 0.00000272. The molecule has 3 aromatic rings. The second-order valence-electron chi connectivity index (χ2n) is 7.61. The van der Waals surface area contributed by atoms with Gasteiger partial charge in [-0.2, -0.15) is 0 Å². The van der Waals surface area contributed by atoms with Crippen LogP contribution in [0.2, 0.25) is 5.02 Å². The van der Waals surface area contributed by atoms with Crippen molar-refractivity contribution >= 4 is 46.5 Å². The highest BCUT2D eigenvalue weighted by molar-refractivity contribution is 6.32. The molecule has 0 saturated heterocycles. The van der Waals surface area contributed by atoms with Crippen molar-refractivity contribution in [3.63, 3.8) is 0 Å². The van der Waals surface area contributed by atoms with E-state index < -0.39 is 11.6 Å². The average molecular weight is 466 g/mol. The summed E-state index contributed by atoms with van der Waals surface area (Å²) >= 11 is 5.92. The maximum absolute atomic E-state index is 14.0. The number of nitrogens with one attached hydrogen (secondary N) is 1. The van der Waals surface area contributed by atoms with Gasteiger partial charge in [-0.3, -0.25) is 9.78 Å². The van der Waals surface area contributed by atoms with Crippen molar-refractivity contribution in [3.05, 3.63) is 46.9 Å². The molecule has 0 atom stereocenters. The number of hydrogen-bond acceptors (Lipinski definition) is 6. The van der Waals surface area contributed by atoms with E-state index in [0.29, 0.717) is 46.4 Å². The number of carbonyl (C=O) groups is 1. The molecule has 2 aromatic heterocycles. The van der Waals surface area contributed by atoms with Crippen molar-refractivity contribution < 1.29 is 19.4 Å². The smallest absolute Gasteiger partial charge is 0.170 e. The molecule has 4 rings (SSSR count). The van der Waals surface area contributed by atoms with Crippen molar-refractivity contribution in [2.45, 2.75) is 44.8 Å². The maximum atomic E-state index is 14.0. The van der Waals surface area contributed by atoms with Crippen LogP contribution in [-0.2, 0) is 0 Å². The van der Waals surface area contributed by atoms with E-state index in [1.165, 1.54) is 19.2 Å². The van der Waals surface area contributed by atoms with E-state index in [1.807, 2.05) is 0 Å². The molecule has 0 radical (unpaired) electrons. The fraction of sp³-hybridized carbons (Fsp3) is 0.318. The first-order valence-electron chi connectivity index (χ1n) is 9.77. The average Bonchev–Trinajstić information content (AvgIpc) is 2.73. The van der Waals surface area contributed by atoms with Crippen molar-refractivity contribution in [2.24, 2.45) is 0 Å². The molecule has 1 aliphatic rings. The maximum Gasteiger partial charge on any atom is 0.170 e. The molecular weight excluding hydrogens is 444 g/mol. The van der Waals surface area contributed by atoms with Crippen LogP contribution in [0.15, 0.2) is 30.5 Å².